The van der Waals surface area contributed by atoms with Crippen molar-refractivity contribution in [3.8, 4) is 56.4 Å². The molecule has 7 aromatic carbocycles. The van der Waals surface area contributed by atoms with Crippen molar-refractivity contribution >= 4 is 49.1 Å². The lowest BCUT2D eigenvalue weighted by Crippen LogP contribution is -2.02. The normalized spacial score (nSPS) is 13.4. The maximum absolute atomic E-state index is 12.5. The lowest BCUT2D eigenvalue weighted by molar-refractivity contribution is 0.370. The van der Waals surface area contributed by atoms with E-state index in [1.54, 1.807) is 6.92 Å². The van der Waals surface area contributed by atoms with Gasteiger partial charge in [0.2, 0.25) is 5.75 Å². The van der Waals surface area contributed by atoms with Gasteiger partial charge in [-0.25, -0.2) is 0 Å². The summed E-state index contributed by atoms with van der Waals surface area (Å²) in [4.78, 5) is 0. The number of allylic oxidation sites excluding steroid dienone is 2. The van der Waals surface area contributed by atoms with Crippen molar-refractivity contribution in [1.29, 1.82) is 0 Å². The summed E-state index contributed by atoms with van der Waals surface area (Å²) in [5, 5.41) is 52.0. The Morgan fingerprint density at radius 3 is 1.94 bits per heavy atom. The van der Waals surface area contributed by atoms with Crippen LogP contribution in [0.1, 0.15) is 53.5 Å². The third-order valence-corrected chi connectivity index (χ3v) is 11.7. The maximum Gasteiger partial charge on any atom is 0.201 e. The molecule has 0 bridgehead atoms. The van der Waals surface area contributed by atoms with Gasteiger partial charge in [-0.1, -0.05) is 78.9 Å². The standard InChI is InChI=1S/C48H40O5/c1-25-26(2)38-40(31-22-23-37-35(24-31)34-18-11-12-21-36(34)53-37)39-28(4)46(50)48(52)47(51)44(39)42(43(38)45(49)27(25)3)41-32(29-14-7-5-8-15-29)19-13-20-33(41)30-16-9-6-10-17-30/h5,7-8,11-16,18-24,49-52H,6,9-10,17H2,1-4H3. The van der Waals surface area contributed by atoms with Gasteiger partial charge in [-0.05, 0) is 133 Å². The molecule has 8 aromatic rings. The van der Waals surface area contributed by atoms with Gasteiger partial charge >= 0.3 is 0 Å². The largest absolute Gasteiger partial charge is 0.507 e. The Morgan fingerprint density at radius 2 is 1.17 bits per heavy atom. The van der Waals surface area contributed by atoms with E-state index < -0.39 is 11.5 Å². The zero-order valence-corrected chi connectivity index (χ0v) is 30.3. The molecule has 53 heavy (non-hydrogen) atoms. The van der Waals surface area contributed by atoms with Crippen LogP contribution in [-0.4, -0.2) is 20.4 Å². The molecule has 262 valence electrons. The third-order valence-electron chi connectivity index (χ3n) is 11.7. The molecular weight excluding hydrogens is 657 g/mol. The minimum absolute atomic E-state index is 0.118. The summed E-state index contributed by atoms with van der Waals surface area (Å²) in [6.45, 7) is 7.82. The van der Waals surface area contributed by atoms with Crippen LogP contribution >= 0.6 is 0 Å². The van der Waals surface area contributed by atoms with Crippen LogP contribution in [0, 0.1) is 27.7 Å². The highest BCUT2D eigenvalue weighted by Gasteiger charge is 2.31. The van der Waals surface area contributed by atoms with Gasteiger partial charge in [0.15, 0.2) is 11.5 Å². The first-order chi connectivity index (χ1) is 25.7. The molecule has 0 spiro atoms. The van der Waals surface area contributed by atoms with Gasteiger partial charge < -0.3 is 24.8 Å². The topological polar surface area (TPSA) is 94.1 Å². The van der Waals surface area contributed by atoms with Crippen LogP contribution in [0.4, 0.5) is 0 Å². The molecule has 0 saturated carbocycles. The van der Waals surface area contributed by atoms with Crippen LogP contribution in [0.15, 0.2) is 101 Å². The van der Waals surface area contributed by atoms with E-state index in [1.807, 2.05) is 68.4 Å². The molecule has 1 heterocycles. The van der Waals surface area contributed by atoms with Crippen LogP contribution < -0.4 is 0 Å². The minimum Gasteiger partial charge on any atom is -0.507 e. The third kappa shape index (κ3) is 4.76. The van der Waals surface area contributed by atoms with Crippen molar-refractivity contribution < 1.29 is 24.8 Å². The summed E-state index contributed by atoms with van der Waals surface area (Å²) >= 11 is 0. The summed E-state index contributed by atoms with van der Waals surface area (Å²) < 4.78 is 6.22. The number of hydrogen-bond acceptors (Lipinski definition) is 5. The quantitative estimate of drug-likeness (QED) is 0.109. The molecule has 1 aromatic heterocycles. The van der Waals surface area contributed by atoms with E-state index in [-0.39, 0.29) is 11.5 Å². The Kier molecular flexibility index (Phi) is 7.53. The maximum atomic E-state index is 12.5. The number of rotatable bonds is 4. The molecule has 0 unspecified atom stereocenters. The first-order valence-corrected chi connectivity index (χ1v) is 18.3. The van der Waals surface area contributed by atoms with E-state index in [2.05, 4.69) is 49.4 Å². The number of furan rings is 1. The van der Waals surface area contributed by atoms with Crippen LogP contribution in [0.25, 0.3) is 82.4 Å². The fourth-order valence-electron chi connectivity index (χ4n) is 8.78. The molecule has 9 rings (SSSR count). The van der Waals surface area contributed by atoms with Crippen LogP contribution in [0.2, 0.25) is 0 Å². The Labute approximate surface area is 307 Å². The number of benzene rings is 7. The lowest BCUT2D eigenvalue weighted by Gasteiger charge is -2.27. The molecule has 1 aliphatic carbocycles. The second-order valence-corrected chi connectivity index (χ2v) is 14.5. The highest BCUT2D eigenvalue weighted by molar-refractivity contribution is 6.29. The van der Waals surface area contributed by atoms with Gasteiger partial charge in [0.25, 0.3) is 0 Å². The molecule has 0 amide bonds. The van der Waals surface area contributed by atoms with E-state index in [9.17, 15) is 20.4 Å². The number of fused-ring (bicyclic) bond motifs is 5. The predicted octanol–water partition coefficient (Wildman–Crippen LogP) is 12.9. The summed E-state index contributed by atoms with van der Waals surface area (Å²) in [6.07, 6.45) is 6.37. The molecule has 0 aliphatic heterocycles. The Bertz CT molecular complexity index is 2780. The Hall–Kier alpha value is -6.20. The molecular formula is C48H40O5. The van der Waals surface area contributed by atoms with Crippen LogP contribution in [-0.2, 0) is 0 Å². The predicted molar refractivity (Wildman–Crippen MR) is 217 cm³/mol. The van der Waals surface area contributed by atoms with Crippen molar-refractivity contribution in [1.82, 2.24) is 0 Å². The van der Waals surface area contributed by atoms with Gasteiger partial charge in [-0.15, -0.1) is 0 Å². The van der Waals surface area contributed by atoms with Gasteiger partial charge in [-0.3, -0.25) is 0 Å². The van der Waals surface area contributed by atoms with Crippen molar-refractivity contribution in [3.63, 3.8) is 0 Å². The lowest BCUT2D eigenvalue weighted by atomic mass is 9.76. The highest BCUT2D eigenvalue weighted by atomic mass is 16.3. The number of phenolic OH excluding ortho intramolecular Hbond substituents is 4. The number of aryl methyl sites for hydroxylation is 2. The summed E-state index contributed by atoms with van der Waals surface area (Å²) in [6, 6.07) is 30.5. The molecule has 0 fully saturated rings. The van der Waals surface area contributed by atoms with E-state index in [0.29, 0.717) is 27.3 Å². The van der Waals surface area contributed by atoms with Crippen LogP contribution in [0.3, 0.4) is 0 Å². The minimum atomic E-state index is -0.589. The van der Waals surface area contributed by atoms with E-state index in [1.165, 1.54) is 5.57 Å². The monoisotopic (exact) mass is 696 g/mol. The highest BCUT2D eigenvalue weighted by Crippen LogP contribution is 2.58. The van der Waals surface area contributed by atoms with Gasteiger partial charge in [-0.2, -0.15) is 0 Å². The van der Waals surface area contributed by atoms with E-state index in [0.717, 1.165) is 103 Å². The Balaban J connectivity index is 1.57. The fourth-order valence-corrected chi connectivity index (χ4v) is 8.78. The SMILES string of the molecule is Cc1c(C)c(O)c2c(-c3c(C4=CCCCC4)cccc3-c3ccccc3)c3c(O)c(O)c(O)c(C)c3c(-c3ccc4oc5ccccc5c4c3)c2c1C. The molecule has 5 nitrogen and oxygen atoms in total. The zero-order valence-electron chi connectivity index (χ0n) is 30.3. The smallest absolute Gasteiger partial charge is 0.201 e. The zero-order chi connectivity index (χ0) is 36.7. The average molecular weight is 697 g/mol. The Morgan fingerprint density at radius 1 is 0.472 bits per heavy atom. The number of phenols is 4. The van der Waals surface area contributed by atoms with Crippen LogP contribution in [0.5, 0.6) is 23.0 Å². The first kappa shape index (κ1) is 32.7. The van der Waals surface area contributed by atoms with Gasteiger partial charge in [0.1, 0.15) is 16.9 Å². The molecule has 5 heteroatoms. The summed E-state index contributed by atoms with van der Waals surface area (Å²) in [7, 11) is 0. The fraction of sp³-hybridized carbons (Fsp3) is 0.167. The number of aromatic hydroxyl groups is 4. The van der Waals surface area contributed by atoms with E-state index in [4.69, 9.17) is 4.42 Å². The van der Waals surface area contributed by atoms with Crippen molar-refractivity contribution in [2.75, 3.05) is 0 Å². The number of hydrogen-bond donors (Lipinski definition) is 4. The first-order valence-electron chi connectivity index (χ1n) is 18.3. The molecule has 0 saturated heterocycles. The molecule has 4 N–H and O–H groups in total. The number of para-hydroxylation sites is 1. The van der Waals surface area contributed by atoms with Gasteiger partial charge in [0, 0.05) is 38.1 Å². The second kappa shape index (κ2) is 12.2. The molecule has 0 radical (unpaired) electrons. The summed E-state index contributed by atoms with van der Waals surface area (Å²) in [5.41, 5.74) is 11.9. The average Bonchev–Trinajstić information content (AvgIpc) is 3.58. The van der Waals surface area contributed by atoms with Crippen molar-refractivity contribution in [2.24, 2.45) is 0 Å². The van der Waals surface area contributed by atoms with E-state index >= 15 is 0 Å². The second-order valence-electron chi connectivity index (χ2n) is 14.5. The summed E-state index contributed by atoms with van der Waals surface area (Å²) in [5.74, 6) is -1.29. The van der Waals surface area contributed by atoms with Gasteiger partial charge in [0.05, 0.1) is 0 Å². The van der Waals surface area contributed by atoms with Crippen molar-refractivity contribution in [3.05, 3.63) is 125 Å². The van der Waals surface area contributed by atoms with Crippen molar-refractivity contribution in [2.45, 2.75) is 53.4 Å². The molecule has 0 atom stereocenters. The molecule has 1 aliphatic rings.